The number of hydrogen-bond acceptors (Lipinski definition) is 10. The molecule has 5 N–H and O–H groups in total. The molecule has 4 heterocycles. The molecule has 0 aliphatic rings. The molecule has 8 aromatic rings. The van der Waals surface area contributed by atoms with Gasteiger partial charge in [0.2, 0.25) is 0 Å². The number of fused-ring (bicyclic) bond motifs is 2. The largest absolute Gasteiger partial charge is 0.388 e. The van der Waals surface area contributed by atoms with E-state index in [0.29, 0.717) is 64.3 Å². The van der Waals surface area contributed by atoms with Crippen LogP contribution in [0, 0.1) is 0 Å². The quantitative estimate of drug-likeness (QED) is 0.0845. The van der Waals surface area contributed by atoms with Crippen LogP contribution in [0.25, 0.3) is 21.5 Å². The molecule has 4 aromatic heterocycles. The fourth-order valence-corrected chi connectivity index (χ4v) is 7.02. The Morgan fingerprint density at radius 2 is 1.10 bits per heavy atom. The van der Waals surface area contributed by atoms with Gasteiger partial charge in [0.25, 0.3) is 0 Å². The van der Waals surface area contributed by atoms with E-state index in [1.54, 1.807) is 30.7 Å². The van der Waals surface area contributed by atoms with Crippen LogP contribution < -0.4 is 21.7 Å². The lowest BCUT2D eigenvalue weighted by molar-refractivity contribution is 0.0975. The number of nitrogens with one attached hydrogen (secondary N) is 1. The summed E-state index contributed by atoms with van der Waals surface area (Å²) in [6.07, 6.45) is 8.23. The van der Waals surface area contributed by atoms with Gasteiger partial charge in [0, 0.05) is 73.9 Å². The highest BCUT2D eigenvalue weighted by Crippen LogP contribution is 2.29. The van der Waals surface area contributed by atoms with Crippen molar-refractivity contribution in [3.8, 4) is 0 Å². The molecule has 10 nitrogen and oxygen atoms in total. The van der Waals surface area contributed by atoms with E-state index in [1.165, 1.54) is 6.20 Å². The molecule has 0 spiro atoms. The lowest BCUT2D eigenvalue weighted by Crippen LogP contribution is -2.16. The molecule has 0 saturated carbocycles. The number of hydrogen-bond donors (Lipinski definition) is 3. The summed E-state index contributed by atoms with van der Waals surface area (Å²) in [4.78, 5) is 43.8. The number of carbonyl (C=O) groups excluding carboxylic acids is 2. The van der Waals surface area contributed by atoms with Gasteiger partial charge in [0.05, 0.1) is 21.2 Å². The van der Waals surface area contributed by atoms with Gasteiger partial charge in [0.1, 0.15) is 22.6 Å². The van der Waals surface area contributed by atoms with Gasteiger partial charge in [-0.1, -0.05) is 108 Å². The number of halogens is 3. The van der Waals surface area contributed by atoms with Crippen LogP contribution in [0.3, 0.4) is 0 Å². The molecule has 61 heavy (non-hydrogen) atoms. The zero-order valence-electron chi connectivity index (χ0n) is 33.5. The summed E-state index contributed by atoms with van der Waals surface area (Å²) in [7, 11) is 3.81. The van der Waals surface area contributed by atoms with E-state index in [1.807, 2.05) is 128 Å². The van der Waals surface area contributed by atoms with Crippen LogP contribution in [0.4, 0.5) is 28.8 Å². The highest BCUT2D eigenvalue weighted by molar-refractivity contribution is 6.34. The van der Waals surface area contributed by atoms with Crippen LogP contribution in [0.1, 0.15) is 44.7 Å². The van der Waals surface area contributed by atoms with Crippen LogP contribution in [0.15, 0.2) is 146 Å². The minimum absolute atomic E-state index is 0.00267. The molecule has 0 aliphatic carbocycles. The monoisotopic (exact) mass is 868 g/mol. The van der Waals surface area contributed by atoms with Crippen LogP contribution >= 0.6 is 34.8 Å². The number of aromatic nitrogens is 4. The minimum atomic E-state index is -0.0839. The number of ketones is 2. The second-order valence-corrected chi connectivity index (χ2v) is 15.1. The zero-order valence-corrected chi connectivity index (χ0v) is 35.8. The molecule has 0 atom stereocenters. The summed E-state index contributed by atoms with van der Waals surface area (Å²) in [5.74, 6) is 1.51. The third-order valence-electron chi connectivity index (χ3n) is 9.76. The van der Waals surface area contributed by atoms with Crippen molar-refractivity contribution in [2.24, 2.45) is 0 Å². The Balaban J connectivity index is 0.000000177. The summed E-state index contributed by atoms with van der Waals surface area (Å²) in [5, 5.41) is 7.88. The van der Waals surface area contributed by atoms with Crippen LogP contribution in [0.5, 0.6) is 0 Å². The number of Topliss-reactive ketones (excluding diaryl/α,β-unsaturated/α-hetero) is 2. The van der Waals surface area contributed by atoms with E-state index in [9.17, 15) is 9.59 Å². The predicted molar refractivity (Wildman–Crippen MR) is 252 cm³/mol. The SMILES string of the molecule is CN(c1ccccc1)c1ncc(Cl)cc1C(=O)CCc1ccc2c(N)nccc2c1.CNc1ccccc1.Nc1nccc2cc(CCC(=O)c3cc(Cl)cnc3Cl)ccc12. The van der Waals surface area contributed by atoms with Crippen molar-refractivity contribution in [1.29, 1.82) is 0 Å². The first-order valence-corrected chi connectivity index (χ1v) is 20.4. The number of benzene rings is 4. The average Bonchev–Trinajstić information content (AvgIpc) is 3.29. The number of nitrogen functional groups attached to an aromatic ring is 2. The molecular formula is C48H43Cl3N8O2. The van der Waals surface area contributed by atoms with E-state index < -0.39 is 0 Å². The van der Waals surface area contributed by atoms with Crippen molar-refractivity contribution in [2.75, 3.05) is 35.8 Å². The first-order valence-electron chi connectivity index (χ1n) is 19.3. The van der Waals surface area contributed by atoms with Crippen LogP contribution in [-0.2, 0) is 12.8 Å². The van der Waals surface area contributed by atoms with Gasteiger partial charge in [-0.15, -0.1) is 0 Å². The Hall–Kier alpha value is -6.59. The van der Waals surface area contributed by atoms with Gasteiger partial charge in [-0.3, -0.25) is 9.59 Å². The number of para-hydroxylation sites is 2. The fraction of sp³-hybridized carbons (Fsp3) is 0.125. The van der Waals surface area contributed by atoms with Crippen molar-refractivity contribution in [3.63, 3.8) is 0 Å². The Labute approximate surface area is 369 Å². The normalized spacial score (nSPS) is 10.6. The standard InChI is InChI=1S/C24H21ClN4O.C17H13Cl2N3O.C7H9N/c1-29(19-5-3-2-4-6-19)24-21(14-18(25)15-28-24)22(30)10-8-16-7-9-20-17(13-16)11-12-27-23(20)26;18-12-8-14(16(19)22-9-12)15(23)4-2-10-1-3-13-11(7-10)5-6-21-17(13)20;1-8-7-5-3-2-4-6-7/h2-7,9,11-15H,8,10H2,1H3,(H2,26,27);1,3,5-9H,2,4H2,(H2,20,21);2-6,8H,1H3. The highest BCUT2D eigenvalue weighted by atomic mass is 35.5. The summed E-state index contributed by atoms with van der Waals surface area (Å²) in [6, 6.07) is 38.8. The fourth-order valence-electron chi connectivity index (χ4n) is 6.50. The number of rotatable bonds is 11. The molecule has 308 valence electrons. The second kappa shape index (κ2) is 21.1. The number of nitrogens with zero attached hydrogens (tertiary/aromatic N) is 5. The van der Waals surface area contributed by atoms with Gasteiger partial charge in [0.15, 0.2) is 11.6 Å². The molecule has 0 amide bonds. The third kappa shape index (κ3) is 11.8. The summed E-state index contributed by atoms with van der Waals surface area (Å²) in [5.41, 5.74) is 16.8. The van der Waals surface area contributed by atoms with E-state index in [4.69, 9.17) is 46.3 Å². The molecule has 0 unspecified atom stereocenters. The van der Waals surface area contributed by atoms with Crippen molar-refractivity contribution >= 4 is 96.7 Å². The minimum Gasteiger partial charge on any atom is -0.388 e. The zero-order chi connectivity index (χ0) is 43.3. The van der Waals surface area contributed by atoms with Gasteiger partial charge in [-0.25, -0.2) is 19.9 Å². The number of aryl methyl sites for hydroxylation is 2. The first kappa shape index (κ1) is 44.0. The number of carbonyl (C=O) groups is 2. The van der Waals surface area contributed by atoms with Gasteiger partial charge in [-0.05, 0) is 83.3 Å². The summed E-state index contributed by atoms with van der Waals surface area (Å²) >= 11 is 18.0. The van der Waals surface area contributed by atoms with E-state index >= 15 is 0 Å². The Kier molecular flexibility index (Phi) is 15.2. The van der Waals surface area contributed by atoms with E-state index in [-0.39, 0.29) is 16.7 Å². The maximum absolute atomic E-state index is 13.1. The van der Waals surface area contributed by atoms with Crippen molar-refractivity contribution in [2.45, 2.75) is 25.7 Å². The maximum atomic E-state index is 13.1. The molecule has 0 saturated heterocycles. The molecule has 0 fully saturated rings. The molecule has 0 bridgehead atoms. The Morgan fingerprint density at radius 3 is 1.62 bits per heavy atom. The van der Waals surface area contributed by atoms with Crippen molar-refractivity contribution in [3.05, 3.63) is 184 Å². The topological polar surface area (TPSA) is 153 Å². The molecule has 0 aliphatic heterocycles. The van der Waals surface area contributed by atoms with Gasteiger partial charge < -0.3 is 21.7 Å². The summed E-state index contributed by atoms with van der Waals surface area (Å²) in [6.45, 7) is 0. The average molecular weight is 870 g/mol. The molecule has 13 heteroatoms. The number of nitrogens with two attached hydrogens (primary N) is 2. The Morgan fingerprint density at radius 1 is 0.607 bits per heavy atom. The lowest BCUT2D eigenvalue weighted by Gasteiger charge is -2.21. The number of anilines is 5. The van der Waals surface area contributed by atoms with Gasteiger partial charge >= 0.3 is 0 Å². The number of pyridine rings is 4. The van der Waals surface area contributed by atoms with Crippen LogP contribution in [-0.4, -0.2) is 45.6 Å². The molecule has 0 radical (unpaired) electrons. The third-order valence-corrected chi connectivity index (χ3v) is 10.5. The van der Waals surface area contributed by atoms with Crippen molar-refractivity contribution < 1.29 is 9.59 Å². The van der Waals surface area contributed by atoms with E-state index in [0.717, 1.165) is 44.0 Å². The molecular weight excluding hydrogens is 827 g/mol. The maximum Gasteiger partial charge on any atom is 0.166 e. The molecule has 4 aromatic carbocycles. The van der Waals surface area contributed by atoms with Crippen molar-refractivity contribution in [1.82, 2.24) is 19.9 Å². The van der Waals surface area contributed by atoms with Gasteiger partial charge in [-0.2, -0.15) is 0 Å². The second-order valence-electron chi connectivity index (χ2n) is 13.9. The lowest BCUT2D eigenvalue weighted by atomic mass is 10.0. The molecule has 8 rings (SSSR count). The Bertz CT molecular complexity index is 2770. The smallest absolute Gasteiger partial charge is 0.166 e. The van der Waals surface area contributed by atoms with E-state index in [2.05, 4.69) is 25.3 Å². The summed E-state index contributed by atoms with van der Waals surface area (Å²) < 4.78 is 0. The highest BCUT2D eigenvalue weighted by Gasteiger charge is 2.18. The van der Waals surface area contributed by atoms with Crippen LogP contribution in [0.2, 0.25) is 15.2 Å². The first-order chi connectivity index (χ1) is 29.5. The predicted octanol–water partition coefficient (Wildman–Crippen LogP) is 11.5.